The maximum Gasteiger partial charge on any atom is 0.160 e. The van der Waals surface area contributed by atoms with E-state index in [9.17, 15) is 9.90 Å². The molecule has 76 valence electrons. The molecule has 0 fully saturated rings. The Kier molecular flexibility index (Phi) is 2.56. The lowest BCUT2D eigenvalue weighted by atomic mass is 10.1. The van der Waals surface area contributed by atoms with Gasteiger partial charge in [0.15, 0.2) is 6.29 Å². The first-order valence-electron chi connectivity index (χ1n) is 4.54. The van der Waals surface area contributed by atoms with Crippen LogP contribution in [0, 0.1) is 6.92 Å². The van der Waals surface area contributed by atoms with Gasteiger partial charge < -0.3 is 5.11 Å². The largest absolute Gasteiger partial charge is 0.508 e. The van der Waals surface area contributed by atoms with Crippen molar-refractivity contribution in [2.24, 2.45) is 0 Å². The lowest BCUT2D eigenvalue weighted by Crippen LogP contribution is -1.77. The number of benzene rings is 1. The Morgan fingerprint density at radius 3 is 2.67 bits per heavy atom. The van der Waals surface area contributed by atoms with E-state index in [1.54, 1.807) is 6.07 Å². The molecule has 0 aliphatic heterocycles. The smallest absolute Gasteiger partial charge is 0.160 e. The SMILES string of the molecule is Cc1ccc(-c2csc(C=O)c2)cc1O. The van der Waals surface area contributed by atoms with Gasteiger partial charge in [-0.25, -0.2) is 0 Å². The molecule has 0 spiro atoms. The number of hydrogen-bond donors (Lipinski definition) is 1. The summed E-state index contributed by atoms with van der Waals surface area (Å²) in [6.45, 7) is 1.85. The van der Waals surface area contributed by atoms with Gasteiger partial charge in [-0.3, -0.25) is 4.79 Å². The summed E-state index contributed by atoms with van der Waals surface area (Å²) < 4.78 is 0. The Balaban J connectivity index is 2.44. The van der Waals surface area contributed by atoms with Crippen LogP contribution in [0.2, 0.25) is 0 Å². The molecule has 0 unspecified atom stereocenters. The van der Waals surface area contributed by atoms with Gasteiger partial charge in [-0.2, -0.15) is 0 Å². The van der Waals surface area contributed by atoms with Crippen molar-refractivity contribution < 1.29 is 9.90 Å². The van der Waals surface area contributed by atoms with Crippen LogP contribution in [-0.4, -0.2) is 11.4 Å². The molecular formula is C12H10O2S. The molecule has 0 atom stereocenters. The molecule has 1 aromatic heterocycles. The normalized spacial score (nSPS) is 10.2. The zero-order chi connectivity index (χ0) is 10.8. The maximum absolute atomic E-state index is 10.5. The minimum Gasteiger partial charge on any atom is -0.508 e. The van der Waals surface area contributed by atoms with Gasteiger partial charge in [-0.1, -0.05) is 12.1 Å². The molecule has 0 amide bonds. The van der Waals surface area contributed by atoms with E-state index in [-0.39, 0.29) is 5.75 Å². The zero-order valence-electron chi connectivity index (χ0n) is 8.23. The summed E-state index contributed by atoms with van der Waals surface area (Å²) in [6, 6.07) is 7.34. The number of rotatable bonds is 2. The molecule has 0 aliphatic rings. The molecule has 0 radical (unpaired) electrons. The molecule has 0 aliphatic carbocycles. The Bertz CT molecular complexity index is 500. The third-order valence-corrected chi connectivity index (χ3v) is 3.14. The molecule has 2 aromatic rings. The molecule has 0 saturated carbocycles. The molecule has 1 heterocycles. The van der Waals surface area contributed by atoms with E-state index in [4.69, 9.17) is 0 Å². The first kappa shape index (κ1) is 9.93. The van der Waals surface area contributed by atoms with Gasteiger partial charge in [0.2, 0.25) is 0 Å². The average molecular weight is 218 g/mol. The van der Waals surface area contributed by atoms with E-state index < -0.39 is 0 Å². The summed E-state index contributed by atoms with van der Waals surface area (Å²) in [5, 5.41) is 11.5. The molecule has 15 heavy (non-hydrogen) atoms. The second-order valence-electron chi connectivity index (χ2n) is 3.36. The molecule has 0 bridgehead atoms. The van der Waals surface area contributed by atoms with Crippen LogP contribution in [0.25, 0.3) is 11.1 Å². The van der Waals surface area contributed by atoms with Crippen molar-refractivity contribution in [1.29, 1.82) is 0 Å². The first-order chi connectivity index (χ1) is 7.20. The van der Waals surface area contributed by atoms with E-state index in [1.807, 2.05) is 30.5 Å². The summed E-state index contributed by atoms with van der Waals surface area (Å²) in [7, 11) is 0. The highest BCUT2D eigenvalue weighted by Crippen LogP contribution is 2.28. The molecular weight excluding hydrogens is 208 g/mol. The van der Waals surface area contributed by atoms with Crippen molar-refractivity contribution >= 4 is 17.6 Å². The van der Waals surface area contributed by atoms with Gasteiger partial charge >= 0.3 is 0 Å². The van der Waals surface area contributed by atoms with E-state index in [0.29, 0.717) is 4.88 Å². The van der Waals surface area contributed by atoms with Crippen molar-refractivity contribution in [1.82, 2.24) is 0 Å². The quantitative estimate of drug-likeness (QED) is 0.786. The number of hydrogen-bond acceptors (Lipinski definition) is 3. The fraction of sp³-hybridized carbons (Fsp3) is 0.0833. The van der Waals surface area contributed by atoms with Crippen molar-refractivity contribution in [3.63, 3.8) is 0 Å². The minimum atomic E-state index is 0.284. The Morgan fingerprint density at radius 2 is 2.07 bits per heavy atom. The van der Waals surface area contributed by atoms with Crippen molar-refractivity contribution in [3.8, 4) is 16.9 Å². The molecule has 1 N–H and O–H groups in total. The third-order valence-electron chi connectivity index (χ3n) is 2.28. The van der Waals surface area contributed by atoms with Crippen molar-refractivity contribution in [2.75, 3.05) is 0 Å². The predicted molar refractivity (Wildman–Crippen MR) is 61.5 cm³/mol. The van der Waals surface area contributed by atoms with Gasteiger partial charge in [-0.15, -0.1) is 11.3 Å². The van der Waals surface area contributed by atoms with E-state index in [1.165, 1.54) is 11.3 Å². The number of aldehydes is 1. The van der Waals surface area contributed by atoms with Gasteiger partial charge in [0.1, 0.15) is 5.75 Å². The number of carbonyl (C=O) groups excluding carboxylic acids is 1. The molecule has 2 rings (SSSR count). The van der Waals surface area contributed by atoms with Crippen LogP contribution in [0.5, 0.6) is 5.75 Å². The van der Waals surface area contributed by atoms with Gasteiger partial charge in [0, 0.05) is 0 Å². The average Bonchev–Trinajstić information content (AvgIpc) is 2.70. The highest BCUT2D eigenvalue weighted by atomic mass is 32.1. The summed E-state index contributed by atoms with van der Waals surface area (Å²) in [5.74, 6) is 0.284. The fourth-order valence-corrected chi connectivity index (χ4v) is 2.07. The van der Waals surface area contributed by atoms with E-state index in [2.05, 4.69) is 0 Å². The molecule has 0 saturated heterocycles. The lowest BCUT2D eigenvalue weighted by Gasteiger charge is -2.01. The first-order valence-corrected chi connectivity index (χ1v) is 5.42. The van der Waals surface area contributed by atoms with Crippen LogP contribution in [0.15, 0.2) is 29.6 Å². The Morgan fingerprint density at radius 1 is 1.27 bits per heavy atom. The van der Waals surface area contributed by atoms with Crippen LogP contribution in [-0.2, 0) is 0 Å². The fourth-order valence-electron chi connectivity index (χ4n) is 1.35. The number of aryl methyl sites for hydroxylation is 1. The Hall–Kier alpha value is -1.61. The number of aromatic hydroxyl groups is 1. The molecule has 1 aromatic carbocycles. The predicted octanol–water partition coefficient (Wildman–Crippen LogP) is 3.24. The number of thiophene rings is 1. The third kappa shape index (κ3) is 1.92. The van der Waals surface area contributed by atoms with Crippen LogP contribution in [0.1, 0.15) is 15.2 Å². The number of phenols is 1. The zero-order valence-corrected chi connectivity index (χ0v) is 9.04. The minimum absolute atomic E-state index is 0.284. The van der Waals surface area contributed by atoms with Crippen LogP contribution in [0.3, 0.4) is 0 Å². The highest BCUT2D eigenvalue weighted by molar-refractivity contribution is 7.12. The summed E-state index contributed by atoms with van der Waals surface area (Å²) in [4.78, 5) is 11.2. The maximum atomic E-state index is 10.5. The second-order valence-corrected chi connectivity index (χ2v) is 4.30. The van der Waals surface area contributed by atoms with E-state index >= 15 is 0 Å². The highest BCUT2D eigenvalue weighted by Gasteiger charge is 2.03. The van der Waals surface area contributed by atoms with Crippen LogP contribution < -0.4 is 0 Å². The number of phenolic OH excluding ortho intramolecular Hbond substituents is 1. The van der Waals surface area contributed by atoms with Crippen molar-refractivity contribution in [2.45, 2.75) is 6.92 Å². The standard InChI is InChI=1S/C12H10O2S/c1-8-2-3-9(5-12(8)14)10-4-11(6-13)15-7-10/h2-7,14H,1H3. The topological polar surface area (TPSA) is 37.3 Å². The van der Waals surface area contributed by atoms with Crippen molar-refractivity contribution in [3.05, 3.63) is 40.1 Å². The van der Waals surface area contributed by atoms with Crippen LogP contribution in [0.4, 0.5) is 0 Å². The van der Waals surface area contributed by atoms with E-state index in [0.717, 1.165) is 23.0 Å². The molecule has 2 nitrogen and oxygen atoms in total. The monoisotopic (exact) mass is 218 g/mol. The van der Waals surface area contributed by atoms with Gasteiger partial charge in [0.05, 0.1) is 4.88 Å². The lowest BCUT2D eigenvalue weighted by molar-refractivity contribution is 0.112. The van der Waals surface area contributed by atoms with Crippen LogP contribution >= 0.6 is 11.3 Å². The summed E-state index contributed by atoms with van der Waals surface area (Å²) >= 11 is 1.40. The molecule has 3 heteroatoms. The summed E-state index contributed by atoms with van der Waals surface area (Å²) in [5.41, 5.74) is 2.75. The van der Waals surface area contributed by atoms with Gasteiger partial charge in [0.25, 0.3) is 0 Å². The Labute approximate surface area is 91.8 Å². The second kappa shape index (κ2) is 3.87. The number of carbonyl (C=O) groups is 1. The summed E-state index contributed by atoms with van der Waals surface area (Å²) in [6.07, 6.45) is 0.836. The van der Waals surface area contributed by atoms with Gasteiger partial charge in [-0.05, 0) is 41.1 Å².